The lowest BCUT2D eigenvalue weighted by atomic mass is 10.1. The summed E-state index contributed by atoms with van der Waals surface area (Å²) in [4.78, 5) is 3.92. The van der Waals surface area contributed by atoms with Crippen LogP contribution in [0, 0.1) is 0 Å². The third kappa shape index (κ3) is 1.56. The van der Waals surface area contributed by atoms with Crippen molar-refractivity contribution in [1.82, 2.24) is 19.6 Å². The standard InChI is InChI=1S/C9H11N5O2S/c10-7-9-13-12-8(14(9)2-1-11-7)6-5(16)4(15)3-17-6/h1-2,4-6,15-16H,3H2,(H2,10,11)/t4-,5-,6-/m1/s1. The number of nitrogens with two attached hydrogens (primary N) is 1. The predicted molar refractivity (Wildman–Crippen MR) is 62.4 cm³/mol. The molecule has 2 aromatic rings. The van der Waals surface area contributed by atoms with E-state index >= 15 is 0 Å². The fraction of sp³-hybridized carbons (Fsp3) is 0.444. The number of nitrogen functional groups attached to an aromatic ring is 1. The summed E-state index contributed by atoms with van der Waals surface area (Å²) >= 11 is 1.45. The highest BCUT2D eigenvalue weighted by Crippen LogP contribution is 2.39. The molecule has 3 atom stereocenters. The van der Waals surface area contributed by atoms with E-state index in [9.17, 15) is 10.2 Å². The lowest BCUT2D eigenvalue weighted by molar-refractivity contribution is 0.0404. The first-order chi connectivity index (χ1) is 8.18. The van der Waals surface area contributed by atoms with Gasteiger partial charge in [0.05, 0.1) is 17.5 Å². The predicted octanol–water partition coefficient (Wildman–Crippen LogP) is -0.784. The van der Waals surface area contributed by atoms with Crippen molar-refractivity contribution >= 4 is 23.2 Å². The van der Waals surface area contributed by atoms with Gasteiger partial charge in [0.1, 0.15) is 0 Å². The van der Waals surface area contributed by atoms with Crippen LogP contribution in [0.1, 0.15) is 11.1 Å². The average molecular weight is 253 g/mol. The van der Waals surface area contributed by atoms with Gasteiger partial charge in [-0.05, 0) is 0 Å². The Hall–Kier alpha value is -1.38. The first kappa shape index (κ1) is 10.8. The van der Waals surface area contributed by atoms with Crippen LogP contribution in [0.4, 0.5) is 5.82 Å². The van der Waals surface area contributed by atoms with Gasteiger partial charge in [0.25, 0.3) is 0 Å². The Bertz CT molecular complexity index is 559. The molecule has 0 unspecified atom stereocenters. The number of aliphatic hydroxyl groups is 2. The molecule has 7 nitrogen and oxygen atoms in total. The van der Waals surface area contributed by atoms with E-state index < -0.39 is 12.2 Å². The van der Waals surface area contributed by atoms with E-state index in [4.69, 9.17) is 5.73 Å². The highest BCUT2D eigenvalue weighted by molar-refractivity contribution is 7.99. The molecule has 1 aliphatic heterocycles. The van der Waals surface area contributed by atoms with Crippen molar-refractivity contribution in [3.05, 3.63) is 18.2 Å². The molecule has 1 fully saturated rings. The number of hydrogen-bond acceptors (Lipinski definition) is 7. The minimum absolute atomic E-state index is 0.290. The number of nitrogens with zero attached hydrogens (tertiary/aromatic N) is 4. The fourth-order valence-electron chi connectivity index (χ4n) is 1.89. The third-order valence-electron chi connectivity index (χ3n) is 2.79. The highest BCUT2D eigenvalue weighted by atomic mass is 32.2. The monoisotopic (exact) mass is 253 g/mol. The molecule has 3 rings (SSSR count). The summed E-state index contributed by atoms with van der Waals surface area (Å²) in [5.41, 5.74) is 6.15. The van der Waals surface area contributed by atoms with Crippen LogP contribution in [-0.4, -0.2) is 47.8 Å². The second kappa shape index (κ2) is 3.83. The molecule has 0 amide bonds. The Morgan fingerprint density at radius 1 is 1.41 bits per heavy atom. The average Bonchev–Trinajstić information content (AvgIpc) is 2.86. The maximum absolute atomic E-state index is 9.86. The summed E-state index contributed by atoms with van der Waals surface area (Å²) in [6, 6.07) is 0. The summed E-state index contributed by atoms with van der Waals surface area (Å²) in [5, 5.41) is 27.1. The zero-order valence-corrected chi connectivity index (χ0v) is 9.58. The summed E-state index contributed by atoms with van der Waals surface area (Å²) in [6.45, 7) is 0. The smallest absolute Gasteiger partial charge is 0.203 e. The van der Waals surface area contributed by atoms with E-state index in [0.29, 0.717) is 23.0 Å². The van der Waals surface area contributed by atoms with Crippen LogP contribution in [0.3, 0.4) is 0 Å². The van der Waals surface area contributed by atoms with Crippen molar-refractivity contribution in [3.63, 3.8) is 0 Å². The van der Waals surface area contributed by atoms with Gasteiger partial charge >= 0.3 is 0 Å². The Labute approximate surface area is 101 Å². The van der Waals surface area contributed by atoms with Crippen molar-refractivity contribution in [3.8, 4) is 0 Å². The fourth-order valence-corrected chi connectivity index (χ4v) is 3.18. The molecule has 1 saturated heterocycles. The normalized spacial score (nSPS) is 28.9. The van der Waals surface area contributed by atoms with Crippen molar-refractivity contribution < 1.29 is 10.2 Å². The number of aromatic nitrogens is 4. The van der Waals surface area contributed by atoms with Crippen molar-refractivity contribution in [1.29, 1.82) is 0 Å². The second-order valence-electron chi connectivity index (χ2n) is 3.88. The van der Waals surface area contributed by atoms with Gasteiger partial charge in [-0.1, -0.05) is 0 Å². The van der Waals surface area contributed by atoms with Gasteiger partial charge in [-0.25, -0.2) is 4.98 Å². The summed E-state index contributed by atoms with van der Waals surface area (Å²) < 4.78 is 1.70. The summed E-state index contributed by atoms with van der Waals surface area (Å²) in [7, 11) is 0. The van der Waals surface area contributed by atoms with Crippen molar-refractivity contribution in [2.24, 2.45) is 0 Å². The summed E-state index contributed by atoms with van der Waals surface area (Å²) in [5.74, 6) is 1.37. The Morgan fingerprint density at radius 3 is 2.94 bits per heavy atom. The van der Waals surface area contributed by atoms with E-state index in [1.165, 1.54) is 11.8 Å². The van der Waals surface area contributed by atoms with E-state index in [-0.39, 0.29) is 5.25 Å². The van der Waals surface area contributed by atoms with Crippen LogP contribution >= 0.6 is 11.8 Å². The molecule has 90 valence electrons. The molecule has 0 bridgehead atoms. The number of hydrogen-bond donors (Lipinski definition) is 3. The van der Waals surface area contributed by atoms with E-state index in [2.05, 4.69) is 15.2 Å². The van der Waals surface area contributed by atoms with Crippen LogP contribution in [0.15, 0.2) is 12.4 Å². The van der Waals surface area contributed by atoms with E-state index in [1.54, 1.807) is 16.8 Å². The second-order valence-corrected chi connectivity index (χ2v) is 5.05. The van der Waals surface area contributed by atoms with Gasteiger partial charge in [0.15, 0.2) is 11.6 Å². The van der Waals surface area contributed by atoms with Gasteiger partial charge in [0.2, 0.25) is 5.65 Å². The third-order valence-corrected chi connectivity index (χ3v) is 4.17. The largest absolute Gasteiger partial charge is 0.390 e. The quantitative estimate of drug-likeness (QED) is 0.611. The van der Waals surface area contributed by atoms with Crippen LogP contribution in [0.5, 0.6) is 0 Å². The van der Waals surface area contributed by atoms with E-state index in [1.807, 2.05) is 0 Å². The van der Waals surface area contributed by atoms with Gasteiger partial charge < -0.3 is 15.9 Å². The molecule has 0 radical (unpaired) electrons. The number of anilines is 1. The summed E-state index contributed by atoms with van der Waals surface area (Å²) in [6.07, 6.45) is 1.69. The molecule has 0 spiro atoms. The molecule has 2 aromatic heterocycles. The molecule has 1 aliphatic rings. The van der Waals surface area contributed by atoms with Gasteiger partial charge in [-0.2, -0.15) is 0 Å². The van der Waals surface area contributed by atoms with Gasteiger partial charge in [-0.15, -0.1) is 22.0 Å². The van der Waals surface area contributed by atoms with Gasteiger partial charge in [0, 0.05) is 18.1 Å². The number of fused-ring (bicyclic) bond motifs is 1. The number of thioether (sulfide) groups is 1. The minimum Gasteiger partial charge on any atom is -0.390 e. The van der Waals surface area contributed by atoms with Crippen LogP contribution in [0.25, 0.3) is 5.65 Å². The zero-order valence-electron chi connectivity index (χ0n) is 8.76. The maximum atomic E-state index is 9.86. The first-order valence-electron chi connectivity index (χ1n) is 5.11. The molecule has 4 N–H and O–H groups in total. The van der Waals surface area contributed by atoms with Crippen LogP contribution < -0.4 is 5.73 Å². The molecule has 17 heavy (non-hydrogen) atoms. The Balaban J connectivity index is 2.10. The molecule has 0 saturated carbocycles. The number of aliphatic hydroxyl groups excluding tert-OH is 2. The highest BCUT2D eigenvalue weighted by Gasteiger charge is 2.38. The molecule has 3 heterocycles. The molecular formula is C9H11N5O2S. The van der Waals surface area contributed by atoms with E-state index in [0.717, 1.165) is 0 Å². The van der Waals surface area contributed by atoms with Crippen molar-refractivity contribution in [2.45, 2.75) is 17.5 Å². The molecule has 0 aliphatic carbocycles. The minimum atomic E-state index is -0.832. The van der Waals surface area contributed by atoms with Gasteiger partial charge in [-0.3, -0.25) is 4.40 Å². The first-order valence-corrected chi connectivity index (χ1v) is 6.16. The maximum Gasteiger partial charge on any atom is 0.203 e. The van der Waals surface area contributed by atoms with Crippen LogP contribution in [0.2, 0.25) is 0 Å². The zero-order chi connectivity index (χ0) is 12.0. The topological polar surface area (TPSA) is 110 Å². The Morgan fingerprint density at radius 2 is 2.24 bits per heavy atom. The SMILES string of the molecule is Nc1nccn2c([C@@H]3SC[C@@H](O)[C@H]3O)nnc12. The Kier molecular flexibility index (Phi) is 2.42. The number of rotatable bonds is 1. The molecular weight excluding hydrogens is 242 g/mol. The van der Waals surface area contributed by atoms with Crippen molar-refractivity contribution in [2.75, 3.05) is 11.5 Å². The van der Waals surface area contributed by atoms with Crippen LogP contribution in [-0.2, 0) is 0 Å². The lowest BCUT2D eigenvalue weighted by Crippen LogP contribution is -2.25. The molecule has 8 heteroatoms. The lowest BCUT2D eigenvalue weighted by Gasteiger charge is -2.13. The molecule has 0 aromatic carbocycles.